The number of amides is 1. The summed E-state index contributed by atoms with van der Waals surface area (Å²) in [6, 6.07) is 13.2. The molecule has 0 aromatic heterocycles. The number of carbonyl (C=O) groups excluding carboxylic acids is 1. The second kappa shape index (κ2) is 8.15. The van der Waals surface area contributed by atoms with Gasteiger partial charge in [-0.1, -0.05) is 36.1 Å². The minimum atomic E-state index is -0.446. The predicted octanol–water partition coefficient (Wildman–Crippen LogP) is 4.57. The molecule has 0 aliphatic carbocycles. The van der Waals surface area contributed by atoms with Gasteiger partial charge in [-0.05, 0) is 48.0 Å². The number of thiocarbonyl (C=S) groups is 1. The van der Waals surface area contributed by atoms with Crippen molar-refractivity contribution < 1.29 is 14.5 Å². The Labute approximate surface area is 165 Å². The molecule has 0 radical (unpaired) electrons. The number of nitro groups is 1. The van der Waals surface area contributed by atoms with Crippen molar-refractivity contribution in [2.75, 3.05) is 12.0 Å². The van der Waals surface area contributed by atoms with Crippen molar-refractivity contribution >= 4 is 51.7 Å². The smallest absolute Gasteiger partial charge is 0.270 e. The first-order chi connectivity index (χ1) is 13.0. The van der Waals surface area contributed by atoms with E-state index in [4.69, 9.17) is 17.0 Å². The van der Waals surface area contributed by atoms with Crippen LogP contribution in [0.1, 0.15) is 5.56 Å². The Hall–Kier alpha value is -2.97. The van der Waals surface area contributed by atoms with Crippen LogP contribution in [0.4, 0.5) is 11.4 Å². The van der Waals surface area contributed by atoms with Gasteiger partial charge in [-0.2, -0.15) is 0 Å². The van der Waals surface area contributed by atoms with Crippen LogP contribution in [0.15, 0.2) is 65.6 Å². The van der Waals surface area contributed by atoms with Gasteiger partial charge in [-0.15, -0.1) is 0 Å². The molecule has 27 heavy (non-hydrogen) atoms. The van der Waals surface area contributed by atoms with E-state index in [2.05, 4.69) is 0 Å². The average molecular weight is 398 g/mol. The number of methoxy groups -OCH3 is 1. The second-order valence-electron chi connectivity index (χ2n) is 5.45. The summed E-state index contributed by atoms with van der Waals surface area (Å²) in [7, 11) is 1.58. The van der Waals surface area contributed by atoms with E-state index < -0.39 is 4.92 Å². The van der Waals surface area contributed by atoms with Crippen molar-refractivity contribution in [3.63, 3.8) is 0 Å². The Morgan fingerprint density at radius 2 is 1.81 bits per heavy atom. The highest BCUT2D eigenvalue weighted by Crippen LogP contribution is 2.35. The van der Waals surface area contributed by atoms with Crippen molar-refractivity contribution in [2.24, 2.45) is 0 Å². The number of thioether (sulfide) groups is 1. The summed E-state index contributed by atoms with van der Waals surface area (Å²) < 4.78 is 5.58. The van der Waals surface area contributed by atoms with Gasteiger partial charge in [0.15, 0.2) is 4.32 Å². The summed E-state index contributed by atoms with van der Waals surface area (Å²) in [5.74, 6) is 0.509. The molecule has 136 valence electrons. The first-order valence-electron chi connectivity index (χ1n) is 7.83. The van der Waals surface area contributed by atoms with Crippen LogP contribution in [-0.2, 0) is 4.79 Å². The van der Waals surface area contributed by atoms with Crippen LogP contribution >= 0.6 is 24.0 Å². The van der Waals surface area contributed by atoms with Gasteiger partial charge >= 0.3 is 0 Å². The minimum absolute atomic E-state index is 0.0347. The third-order valence-electron chi connectivity index (χ3n) is 3.76. The van der Waals surface area contributed by atoms with Gasteiger partial charge in [0.25, 0.3) is 11.6 Å². The third kappa shape index (κ3) is 4.24. The maximum absolute atomic E-state index is 12.6. The molecule has 1 amide bonds. The van der Waals surface area contributed by atoms with E-state index in [-0.39, 0.29) is 11.6 Å². The van der Waals surface area contributed by atoms with Crippen molar-refractivity contribution in [3.8, 4) is 5.75 Å². The first kappa shape index (κ1) is 18.8. The molecule has 2 aromatic carbocycles. The molecule has 0 saturated carbocycles. The fourth-order valence-corrected chi connectivity index (χ4v) is 3.64. The quantitative estimate of drug-likeness (QED) is 0.318. The lowest BCUT2D eigenvalue weighted by molar-refractivity contribution is -0.384. The van der Waals surface area contributed by atoms with Gasteiger partial charge in [-0.25, -0.2) is 0 Å². The van der Waals surface area contributed by atoms with Gasteiger partial charge in [-0.3, -0.25) is 19.8 Å². The van der Waals surface area contributed by atoms with Crippen LogP contribution in [-0.4, -0.2) is 22.3 Å². The fraction of sp³-hybridized carbons (Fsp3) is 0.0526. The van der Waals surface area contributed by atoms with E-state index in [9.17, 15) is 14.9 Å². The number of ether oxygens (including phenoxy) is 1. The first-order valence-corrected chi connectivity index (χ1v) is 9.05. The van der Waals surface area contributed by atoms with Crippen molar-refractivity contribution in [1.29, 1.82) is 0 Å². The predicted molar refractivity (Wildman–Crippen MR) is 111 cm³/mol. The molecular weight excluding hydrogens is 384 g/mol. The van der Waals surface area contributed by atoms with E-state index in [1.54, 1.807) is 61.7 Å². The molecular formula is C19H14N2O4S2. The van der Waals surface area contributed by atoms with Crippen LogP contribution in [0.2, 0.25) is 0 Å². The van der Waals surface area contributed by atoms with E-state index in [0.717, 1.165) is 5.56 Å². The molecule has 1 aliphatic rings. The molecule has 1 heterocycles. The molecule has 3 rings (SSSR count). The van der Waals surface area contributed by atoms with Crippen LogP contribution in [0.25, 0.3) is 6.08 Å². The number of benzene rings is 2. The van der Waals surface area contributed by atoms with Crippen molar-refractivity contribution in [3.05, 3.63) is 81.3 Å². The average Bonchev–Trinajstić information content (AvgIpc) is 2.96. The lowest BCUT2D eigenvalue weighted by Gasteiger charge is -2.14. The Kier molecular flexibility index (Phi) is 5.68. The lowest BCUT2D eigenvalue weighted by Crippen LogP contribution is -2.27. The second-order valence-corrected chi connectivity index (χ2v) is 7.12. The van der Waals surface area contributed by atoms with Gasteiger partial charge in [0, 0.05) is 12.1 Å². The molecule has 1 aliphatic heterocycles. The van der Waals surface area contributed by atoms with Crippen molar-refractivity contribution in [1.82, 2.24) is 0 Å². The molecule has 1 fully saturated rings. The van der Waals surface area contributed by atoms with Crippen molar-refractivity contribution in [2.45, 2.75) is 0 Å². The molecule has 1 saturated heterocycles. The van der Waals surface area contributed by atoms with E-state index in [1.807, 2.05) is 0 Å². The summed E-state index contributed by atoms with van der Waals surface area (Å²) in [6.07, 6.45) is 5.18. The largest absolute Gasteiger partial charge is 0.497 e. The zero-order chi connectivity index (χ0) is 19.4. The zero-order valence-corrected chi connectivity index (χ0v) is 15.8. The van der Waals surface area contributed by atoms with Gasteiger partial charge in [0.05, 0.1) is 22.6 Å². The highest BCUT2D eigenvalue weighted by Gasteiger charge is 2.32. The van der Waals surface area contributed by atoms with Gasteiger partial charge in [0.1, 0.15) is 5.75 Å². The molecule has 0 N–H and O–H groups in total. The zero-order valence-electron chi connectivity index (χ0n) is 14.2. The van der Waals surface area contributed by atoms with Gasteiger partial charge < -0.3 is 4.74 Å². The van der Waals surface area contributed by atoms with Crippen LogP contribution in [0, 0.1) is 10.1 Å². The number of allylic oxidation sites excluding steroid dienone is 2. The summed E-state index contributed by atoms with van der Waals surface area (Å²) >= 11 is 6.55. The van der Waals surface area contributed by atoms with Crippen LogP contribution in [0.3, 0.4) is 0 Å². The SMILES string of the molecule is COc1ccc(N2C(=O)/C(=C/C=C/c3ccc([N+](=O)[O-])cc3)SC2=S)cc1. The minimum Gasteiger partial charge on any atom is -0.497 e. The maximum atomic E-state index is 12.6. The molecule has 0 bridgehead atoms. The van der Waals surface area contributed by atoms with Crippen LogP contribution < -0.4 is 9.64 Å². The summed E-state index contributed by atoms with van der Waals surface area (Å²) in [5.41, 5.74) is 1.51. The Morgan fingerprint density at radius 3 is 2.41 bits per heavy atom. The maximum Gasteiger partial charge on any atom is 0.270 e. The Morgan fingerprint density at radius 1 is 1.15 bits per heavy atom. The highest BCUT2D eigenvalue weighted by molar-refractivity contribution is 8.27. The number of non-ortho nitro benzene ring substituents is 1. The van der Waals surface area contributed by atoms with Gasteiger partial charge in [0.2, 0.25) is 0 Å². The Bertz CT molecular complexity index is 951. The molecule has 0 unspecified atom stereocenters. The molecule has 2 aromatic rings. The number of carbonyl (C=O) groups is 1. The number of nitro benzene ring substituents is 1. The summed E-state index contributed by atoms with van der Waals surface area (Å²) in [4.78, 5) is 24.8. The monoisotopic (exact) mass is 398 g/mol. The number of hydrogen-bond acceptors (Lipinski definition) is 6. The Balaban J connectivity index is 1.74. The fourth-order valence-electron chi connectivity index (χ4n) is 2.39. The third-order valence-corrected chi connectivity index (χ3v) is 5.08. The molecule has 6 nitrogen and oxygen atoms in total. The number of anilines is 1. The normalized spacial score (nSPS) is 15.7. The highest BCUT2D eigenvalue weighted by atomic mass is 32.2. The molecule has 0 atom stereocenters. The van der Waals surface area contributed by atoms with E-state index in [1.165, 1.54) is 28.8 Å². The molecule has 8 heteroatoms. The summed E-state index contributed by atoms with van der Waals surface area (Å²) in [5, 5.41) is 10.7. The number of hydrogen-bond donors (Lipinski definition) is 0. The lowest BCUT2D eigenvalue weighted by atomic mass is 10.2. The number of rotatable bonds is 5. The molecule has 0 spiro atoms. The standard InChI is InChI=1S/C19H14N2O4S2/c1-25-16-11-9-14(10-12-16)20-18(22)17(27-19(20)26)4-2-3-13-5-7-15(8-6-13)21(23)24/h2-12H,1H3/b3-2+,17-4-. The topological polar surface area (TPSA) is 72.7 Å². The van der Waals surface area contributed by atoms with E-state index >= 15 is 0 Å². The summed E-state index contributed by atoms with van der Waals surface area (Å²) in [6.45, 7) is 0. The van der Waals surface area contributed by atoms with Crippen LogP contribution in [0.5, 0.6) is 5.75 Å². The van der Waals surface area contributed by atoms with E-state index in [0.29, 0.717) is 20.7 Å². The number of nitrogens with zero attached hydrogens (tertiary/aromatic N) is 2.